The largest absolute Gasteiger partial charge is 0.416 e. The van der Waals surface area contributed by atoms with Gasteiger partial charge in [-0.1, -0.05) is 29.4 Å². The zero-order valence-corrected chi connectivity index (χ0v) is 23.8. The quantitative estimate of drug-likeness (QED) is 0.203. The molecule has 1 saturated heterocycles. The molecule has 1 fully saturated rings. The lowest BCUT2D eigenvalue weighted by Gasteiger charge is -2.29. The van der Waals surface area contributed by atoms with Crippen LogP contribution in [0.2, 0.25) is 0 Å². The smallest absolute Gasteiger partial charge is 0.378 e. The van der Waals surface area contributed by atoms with Crippen LogP contribution < -0.4 is 10.3 Å². The lowest BCUT2D eigenvalue weighted by molar-refractivity contribution is -0.137. The molecule has 0 aliphatic carbocycles. The number of alkyl halides is 3. The van der Waals surface area contributed by atoms with Gasteiger partial charge in [0.25, 0.3) is 5.89 Å². The Hall–Kier alpha value is -4.58. The number of benzene rings is 3. The Bertz CT molecular complexity index is 1870. The number of morpholine rings is 1. The third-order valence-electron chi connectivity index (χ3n) is 7.92. The summed E-state index contributed by atoms with van der Waals surface area (Å²) in [6, 6.07) is 13.3. The molecule has 0 bridgehead atoms. The number of fused-ring (bicyclic) bond motifs is 1. The Balaban J connectivity index is 1.47. The van der Waals surface area contributed by atoms with E-state index in [1.165, 1.54) is 30.5 Å². The molecule has 44 heavy (non-hydrogen) atoms. The van der Waals surface area contributed by atoms with E-state index in [9.17, 15) is 22.4 Å². The van der Waals surface area contributed by atoms with Gasteiger partial charge in [-0.2, -0.15) is 18.2 Å². The lowest BCUT2D eigenvalue weighted by atomic mass is 9.84. The monoisotopic (exact) mass is 610 g/mol. The molecule has 3 heterocycles. The molecule has 228 valence electrons. The van der Waals surface area contributed by atoms with Crippen molar-refractivity contribution in [2.45, 2.75) is 32.0 Å². The number of anilines is 1. The number of nitrogens with zero attached hydrogens (tertiary/aromatic N) is 4. The van der Waals surface area contributed by atoms with Gasteiger partial charge in [0.05, 0.1) is 35.4 Å². The maximum atomic E-state index is 15.5. The van der Waals surface area contributed by atoms with Gasteiger partial charge in [0, 0.05) is 31.2 Å². The molecule has 6 rings (SSSR count). The summed E-state index contributed by atoms with van der Waals surface area (Å²) in [5.41, 5.74) is -0.252. The average Bonchev–Trinajstić information content (AvgIpc) is 3.50. The fraction of sp³-hybridized carbons (Fsp3) is 0.281. The van der Waals surface area contributed by atoms with E-state index in [2.05, 4.69) is 10.1 Å². The number of halogens is 5. The minimum absolute atomic E-state index is 0.00316. The molecular weight excluding hydrogens is 583 g/mol. The fourth-order valence-corrected chi connectivity index (χ4v) is 5.31. The molecule has 0 radical (unpaired) electrons. The van der Waals surface area contributed by atoms with E-state index in [4.69, 9.17) is 9.26 Å². The van der Waals surface area contributed by atoms with Gasteiger partial charge in [0.2, 0.25) is 5.43 Å². The number of pyridine rings is 1. The van der Waals surface area contributed by atoms with Crippen molar-refractivity contribution in [3.05, 3.63) is 111 Å². The van der Waals surface area contributed by atoms with E-state index in [1.54, 1.807) is 22.8 Å². The highest BCUT2D eigenvalue weighted by atomic mass is 19.4. The molecule has 2 aromatic heterocycles. The third-order valence-corrected chi connectivity index (χ3v) is 7.92. The normalized spacial score (nSPS) is 14.4. The third kappa shape index (κ3) is 5.57. The topological polar surface area (TPSA) is 73.4 Å². The van der Waals surface area contributed by atoms with Gasteiger partial charge in [-0.3, -0.25) is 4.79 Å². The zero-order valence-electron chi connectivity index (χ0n) is 23.8. The maximum Gasteiger partial charge on any atom is 0.416 e. The van der Waals surface area contributed by atoms with Crippen LogP contribution in [0.3, 0.4) is 0 Å². The second-order valence-corrected chi connectivity index (χ2v) is 11.2. The van der Waals surface area contributed by atoms with E-state index in [0.717, 1.165) is 18.2 Å². The molecular formula is C32H27F5N4O3. The van der Waals surface area contributed by atoms with Crippen molar-refractivity contribution in [3.8, 4) is 11.5 Å². The average molecular weight is 611 g/mol. The summed E-state index contributed by atoms with van der Waals surface area (Å²) in [4.78, 5) is 20.1. The molecule has 1 aliphatic rings. The molecule has 1 aliphatic heterocycles. The van der Waals surface area contributed by atoms with Crippen LogP contribution >= 0.6 is 0 Å². The van der Waals surface area contributed by atoms with Crippen molar-refractivity contribution in [1.29, 1.82) is 0 Å². The number of ether oxygens (including phenoxy) is 1. The van der Waals surface area contributed by atoms with Crippen molar-refractivity contribution >= 4 is 16.6 Å². The minimum atomic E-state index is -4.49. The summed E-state index contributed by atoms with van der Waals surface area (Å²) in [5.74, 6) is -0.867. The lowest BCUT2D eigenvalue weighted by Crippen LogP contribution is -2.36. The number of rotatable bonds is 6. The Morgan fingerprint density at radius 2 is 1.57 bits per heavy atom. The molecule has 0 amide bonds. The zero-order chi connectivity index (χ0) is 31.2. The Kier molecular flexibility index (Phi) is 7.48. The van der Waals surface area contributed by atoms with Crippen LogP contribution in [-0.4, -0.2) is 41.0 Å². The van der Waals surface area contributed by atoms with Crippen molar-refractivity contribution in [3.63, 3.8) is 0 Å². The van der Waals surface area contributed by atoms with Crippen molar-refractivity contribution in [2.24, 2.45) is 0 Å². The summed E-state index contributed by atoms with van der Waals surface area (Å²) >= 11 is 0. The summed E-state index contributed by atoms with van der Waals surface area (Å²) in [6.45, 7) is 5.46. The summed E-state index contributed by atoms with van der Waals surface area (Å²) in [6.07, 6.45) is -3.00. The van der Waals surface area contributed by atoms with Crippen LogP contribution in [-0.2, 0) is 22.9 Å². The fourth-order valence-electron chi connectivity index (χ4n) is 5.31. The second kappa shape index (κ2) is 11.2. The van der Waals surface area contributed by atoms with Crippen molar-refractivity contribution < 1.29 is 31.2 Å². The predicted molar refractivity (Wildman–Crippen MR) is 154 cm³/mol. The molecule has 0 spiro atoms. The Morgan fingerprint density at radius 3 is 2.23 bits per heavy atom. The van der Waals surface area contributed by atoms with Crippen molar-refractivity contribution in [1.82, 2.24) is 14.7 Å². The molecule has 5 aromatic rings. The van der Waals surface area contributed by atoms with Crippen LogP contribution in [0.1, 0.15) is 36.4 Å². The highest BCUT2D eigenvalue weighted by molar-refractivity contribution is 5.86. The Labute approximate surface area is 248 Å². The van der Waals surface area contributed by atoms with E-state index in [0.29, 0.717) is 42.9 Å². The van der Waals surface area contributed by atoms with E-state index < -0.39 is 34.2 Å². The summed E-state index contributed by atoms with van der Waals surface area (Å²) in [7, 11) is 0. The summed E-state index contributed by atoms with van der Waals surface area (Å²) < 4.78 is 81.1. The van der Waals surface area contributed by atoms with Crippen molar-refractivity contribution in [2.75, 3.05) is 31.2 Å². The molecule has 12 heteroatoms. The summed E-state index contributed by atoms with van der Waals surface area (Å²) in [5, 5.41) is 4.14. The van der Waals surface area contributed by atoms with Gasteiger partial charge in [-0.05, 0) is 61.4 Å². The highest BCUT2D eigenvalue weighted by Gasteiger charge is 2.31. The van der Waals surface area contributed by atoms with Crippen LogP contribution in [0.15, 0.2) is 76.2 Å². The molecule has 0 atom stereocenters. The first-order valence-electron chi connectivity index (χ1n) is 13.9. The van der Waals surface area contributed by atoms with Gasteiger partial charge < -0.3 is 18.7 Å². The second-order valence-electron chi connectivity index (χ2n) is 11.2. The van der Waals surface area contributed by atoms with Gasteiger partial charge >= 0.3 is 6.18 Å². The highest BCUT2D eigenvalue weighted by Crippen LogP contribution is 2.33. The van der Waals surface area contributed by atoms with Gasteiger partial charge in [-0.25, -0.2) is 8.78 Å². The molecule has 0 N–H and O–H groups in total. The molecule has 0 unspecified atom stereocenters. The van der Waals surface area contributed by atoms with Gasteiger partial charge in [0.1, 0.15) is 17.2 Å². The van der Waals surface area contributed by atoms with Crippen LogP contribution in [0.25, 0.3) is 22.4 Å². The van der Waals surface area contributed by atoms with Crippen LogP contribution in [0.4, 0.5) is 27.6 Å². The van der Waals surface area contributed by atoms with Gasteiger partial charge in [-0.15, -0.1) is 0 Å². The number of hydrogen-bond acceptors (Lipinski definition) is 6. The van der Waals surface area contributed by atoms with Crippen LogP contribution in [0.5, 0.6) is 0 Å². The first kappa shape index (κ1) is 29.5. The van der Waals surface area contributed by atoms with Crippen LogP contribution in [0, 0.1) is 11.6 Å². The SMILES string of the molecule is CC(C)(c1ccc(F)cc1)c1noc(-c2cn(Cc3ccc(C(F)(F)F)cc3)c3cc(N4CCOCC4)c(F)cc3c2=O)n1. The van der Waals surface area contributed by atoms with E-state index in [-0.39, 0.29) is 34.9 Å². The molecule has 0 saturated carbocycles. The number of hydrogen-bond donors (Lipinski definition) is 0. The first-order chi connectivity index (χ1) is 20.9. The predicted octanol–water partition coefficient (Wildman–Crippen LogP) is 6.56. The van der Waals surface area contributed by atoms with E-state index >= 15 is 4.39 Å². The molecule has 3 aromatic carbocycles. The Morgan fingerprint density at radius 1 is 0.909 bits per heavy atom. The standard InChI is InChI=1S/C32H27F5N4O3/c1-31(2,20-7-9-22(33)10-8-20)30-38-29(44-39-30)24-18-41(17-19-3-5-21(6-4-19)32(35,36)37)26-16-27(40-11-13-43-14-12-40)25(34)15-23(26)28(24)42/h3-10,15-16,18H,11-14,17H2,1-2H3. The number of aromatic nitrogens is 3. The first-order valence-corrected chi connectivity index (χ1v) is 13.9. The van der Waals surface area contributed by atoms with Gasteiger partial charge in [0.15, 0.2) is 5.82 Å². The van der Waals surface area contributed by atoms with E-state index in [1.807, 2.05) is 18.7 Å². The minimum Gasteiger partial charge on any atom is -0.378 e. The molecule has 7 nitrogen and oxygen atoms in total. The maximum absolute atomic E-state index is 15.5.